The molecule has 0 aliphatic heterocycles. The van der Waals surface area contributed by atoms with Crippen LogP contribution >= 0.6 is 0 Å². The minimum atomic E-state index is -0.224. The molecule has 4 aromatic rings. The largest absolute Gasteiger partial charge is 0.496 e. The molecule has 2 heterocycles. The number of carbonyl (C=O) groups excluding carboxylic acids is 1. The van der Waals surface area contributed by atoms with Crippen LogP contribution in [-0.2, 0) is 16.1 Å². The molecule has 1 aliphatic carbocycles. The van der Waals surface area contributed by atoms with E-state index >= 15 is 0 Å². The maximum atomic E-state index is 11.8. The van der Waals surface area contributed by atoms with Crippen molar-refractivity contribution in [2.24, 2.45) is 0 Å². The monoisotopic (exact) mass is 501 g/mol. The molecule has 1 fully saturated rings. The zero-order valence-corrected chi connectivity index (χ0v) is 21.6. The molecule has 0 atom stereocenters. The van der Waals surface area contributed by atoms with Crippen molar-refractivity contribution in [2.75, 3.05) is 27.3 Å². The Kier molecular flexibility index (Phi) is 6.76. The smallest absolute Gasteiger partial charge is 0.320 e. The number of carbonyl (C=O) groups is 1. The van der Waals surface area contributed by atoms with Crippen LogP contribution in [0.4, 0.5) is 0 Å². The van der Waals surface area contributed by atoms with E-state index < -0.39 is 0 Å². The van der Waals surface area contributed by atoms with Crippen LogP contribution in [0.5, 0.6) is 11.5 Å². The van der Waals surface area contributed by atoms with Gasteiger partial charge in [0, 0.05) is 53.1 Å². The Morgan fingerprint density at radius 3 is 2.86 bits per heavy atom. The molecule has 0 radical (unpaired) electrons. The van der Waals surface area contributed by atoms with Gasteiger partial charge in [-0.2, -0.15) is 10.4 Å². The summed E-state index contributed by atoms with van der Waals surface area (Å²) in [5.41, 5.74) is 4.36. The van der Waals surface area contributed by atoms with Gasteiger partial charge in [-0.3, -0.25) is 14.4 Å². The number of H-pyrrole nitrogens is 1. The first-order valence-corrected chi connectivity index (χ1v) is 12.5. The van der Waals surface area contributed by atoms with E-state index in [1.54, 1.807) is 20.1 Å². The summed E-state index contributed by atoms with van der Waals surface area (Å²) in [4.78, 5) is 17.1. The van der Waals surface area contributed by atoms with E-state index in [1.807, 2.05) is 41.2 Å². The van der Waals surface area contributed by atoms with Gasteiger partial charge < -0.3 is 19.2 Å². The summed E-state index contributed by atoms with van der Waals surface area (Å²) in [5.74, 6) is 1.10. The Hall–Kier alpha value is -4.03. The van der Waals surface area contributed by atoms with E-state index in [0.29, 0.717) is 30.0 Å². The van der Waals surface area contributed by atoms with Crippen molar-refractivity contribution in [3.05, 3.63) is 53.3 Å². The normalized spacial score (nSPS) is 17.1. The summed E-state index contributed by atoms with van der Waals surface area (Å²) in [5, 5.41) is 16.6. The van der Waals surface area contributed by atoms with Gasteiger partial charge in [0.1, 0.15) is 23.4 Å². The van der Waals surface area contributed by atoms with Gasteiger partial charge in [0.15, 0.2) is 5.75 Å². The van der Waals surface area contributed by atoms with E-state index in [2.05, 4.69) is 24.0 Å². The molecule has 1 aliphatic rings. The van der Waals surface area contributed by atoms with E-state index in [9.17, 15) is 10.1 Å². The Morgan fingerprint density at radius 1 is 1.32 bits per heavy atom. The van der Waals surface area contributed by atoms with Gasteiger partial charge in [0.25, 0.3) is 0 Å². The molecule has 2 aromatic heterocycles. The Labute approximate surface area is 215 Å². The van der Waals surface area contributed by atoms with Crippen molar-refractivity contribution in [3.63, 3.8) is 0 Å². The Balaban J connectivity index is 1.37. The number of esters is 1. The number of methoxy groups -OCH3 is 1. The second-order valence-electron chi connectivity index (χ2n) is 9.54. The highest BCUT2D eigenvalue weighted by Gasteiger charge is 2.35. The minimum Gasteiger partial charge on any atom is -0.496 e. The molecule has 0 bridgehead atoms. The van der Waals surface area contributed by atoms with E-state index in [0.717, 1.165) is 46.0 Å². The number of hydrogen-bond donors (Lipinski definition) is 1. The SMILES string of the molecule is CCOC(=O)CN(C)C1CC(Oc2c(C#N)ccc3cn(Cc4c(OC)cc(C)c5[nH]ccc45)nc23)C1. The predicted octanol–water partition coefficient (Wildman–Crippen LogP) is 4.16. The van der Waals surface area contributed by atoms with Gasteiger partial charge in [-0.25, -0.2) is 0 Å². The van der Waals surface area contributed by atoms with Gasteiger partial charge >= 0.3 is 5.97 Å². The number of aromatic amines is 1. The van der Waals surface area contributed by atoms with E-state index in [1.165, 1.54) is 0 Å². The Morgan fingerprint density at radius 2 is 2.14 bits per heavy atom. The number of aromatic nitrogens is 3. The number of nitrogens with zero attached hydrogens (tertiary/aromatic N) is 4. The fourth-order valence-corrected chi connectivity index (χ4v) is 5.04. The van der Waals surface area contributed by atoms with Crippen molar-refractivity contribution in [3.8, 4) is 17.6 Å². The highest BCUT2D eigenvalue weighted by molar-refractivity contribution is 5.89. The average Bonchev–Trinajstić information content (AvgIpc) is 3.50. The van der Waals surface area contributed by atoms with E-state index in [-0.39, 0.29) is 24.7 Å². The van der Waals surface area contributed by atoms with E-state index in [4.69, 9.17) is 19.3 Å². The molecule has 0 saturated heterocycles. The zero-order valence-electron chi connectivity index (χ0n) is 21.6. The molecule has 1 N–H and O–H groups in total. The average molecular weight is 502 g/mol. The number of ether oxygens (including phenoxy) is 3. The summed E-state index contributed by atoms with van der Waals surface area (Å²) >= 11 is 0. The molecule has 0 spiro atoms. The topological polar surface area (TPSA) is 105 Å². The summed E-state index contributed by atoms with van der Waals surface area (Å²) in [6.45, 7) is 5.00. The first kappa shape index (κ1) is 24.7. The van der Waals surface area contributed by atoms with Crippen LogP contribution in [0.25, 0.3) is 21.8 Å². The standard InChI is InChI=1S/C28H31N5O4/c1-5-36-25(34)16-32(3)20-11-21(12-20)37-28-18(13-29)6-7-19-14-33(31-27(19)28)15-23-22-8-9-30-26(22)17(2)10-24(23)35-4/h6-10,14,20-21,30H,5,11-12,15-16H2,1-4H3. The lowest BCUT2D eigenvalue weighted by molar-refractivity contribution is -0.145. The zero-order chi connectivity index (χ0) is 26.1. The van der Waals surface area contributed by atoms with Crippen molar-refractivity contribution in [1.82, 2.24) is 19.7 Å². The summed E-state index contributed by atoms with van der Waals surface area (Å²) < 4.78 is 18.9. The van der Waals surface area contributed by atoms with Gasteiger partial charge in [0.2, 0.25) is 0 Å². The molecule has 192 valence electrons. The number of likely N-dealkylation sites (N-methyl/N-ethyl adjacent to an activating group) is 1. The van der Waals surface area contributed by atoms with Gasteiger partial charge in [-0.1, -0.05) is 0 Å². The molecule has 1 saturated carbocycles. The highest BCUT2D eigenvalue weighted by atomic mass is 16.5. The van der Waals surface area contributed by atoms with Gasteiger partial charge in [-0.05, 0) is 50.7 Å². The Bertz CT molecular complexity index is 1490. The third kappa shape index (κ3) is 4.72. The molecular weight excluding hydrogens is 470 g/mol. The maximum Gasteiger partial charge on any atom is 0.320 e. The number of aryl methyl sites for hydroxylation is 1. The number of rotatable bonds is 9. The third-order valence-electron chi connectivity index (χ3n) is 7.11. The van der Waals surface area contributed by atoms with Crippen LogP contribution in [0.1, 0.15) is 36.5 Å². The third-order valence-corrected chi connectivity index (χ3v) is 7.11. The molecule has 2 aromatic carbocycles. The number of fused-ring (bicyclic) bond motifs is 2. The van der Waals surface area contributed by atoms with Crippen molar-refractivity contribution >= 4 is 27.8 Å². The van der Waals surface area contributed by atoms with Crippen LogP contribution in [0.2, 0.25) is 0 Å². The summed E-state index contributed by atoms with van der Waals surface area (Å²) in [6.07, 6.45) is 5.39. The molecule has 9 heteroatoms. The van der Waals surface area contributed by atoms with Crippen LogP contribution < -0.4 is 9.47 Å². The highest BCUT2D eigenvalue weighted by Crippen LogP contribution is 2.36. The molecule has 37 heavy (non-hydrogen) atoms. The van der Waals surface area contributed by atoms with Crippen LogP contribution in [0.15, 0.2) is 36.7 Å². The van der Waals surface area contributed by atoms with Gasteiger partial charge in [-0.15, -0.1) is 0 Å². The molecule has 5 rings (SSSR count). The van der Waals surface area contributed by atoms with Crippen LogP contribution in [-0.4, -0.2) is 65.1 Å². The van der Waals surface area contributed by atoms with Crippen LogP contribution in [0.3, 0.4) is 0 Å². The first-order chi connectivity index (χ1) is 17.9. The van der Waals surface area contributed by atoms with Crippen molar-refractivity contribution in [2.45, 2.75) is 45.4 Å². The van der Waals surface area contributed by atoms with Crippen LogP contribution in [0, 0.1) is 18.3 Å². The van der Waals surface area contributed by atoms with Crippen molar-refractivity contribution < 1.29 is 19.0 Å². The van der Waals surface area contributed by atoms with Crippen molar-refractivity contribution in [1.29, 1.82) is 5.26 Å². The number of nitriles is 1. The lowest BCUT2D eigenvalue weighted by Crippen LogP contribution is -2.49. The number of nitrogens with one attached hydrogen (secondary N) is 1. The van der Waals surface area contributed by atoms with Gasteiger partial charge in [0.05, 0.1) is 32.4 Å². The summed E-state index contributed by atoms with van der Waals surface area (Å²) in [7, 11) is 3.60. The number of benzene rings is 2. The summed E-state index contributed by atoms with van der Waals surface area (Å²) in [6, 6.07) is 10.3. The lowest BCUT2D eigenvalue weighted by Gasteiger charge is -2.40. The second-order valence-corrected chi connectivity index (χ2v) is 9.54. The number of hydrogen-bond acceptors (Lipinski definition) is 7. The fraction of sp³-hybridized carbons (Fsp3) is 0.393. The fourth-order valence-electron chi connectivity index (χ4n) is 5.04. The maximum absolute atomic E-state index is 11.8. The lowest BCUT2D eigenvalue weighted by atomic mass is 9.88. The minimum absolute atomic E-state index is 0.0471. The molecule has 0 amide bonds. The predicted molar refractivity (Wildman–Crippen MR) is 140 cm³/mol. The molecule has 0 unspecified atom stereocenters. The quantitative estimate of drug-likeness (QED) is 0.343. The first-order valence-electron chi connectivity index (χ1n) is 12.5. The molecule has 9 nitrogen and oxygen atoms in total. The second kappa shape index (κ2) is 10.1. The molecular formula is C28H31N5O4.